The van der Waals surface area contributed by atoms with Gasteiger partial charge in [0.25, 0.3) is 5.88 Å². The fourth-order valence-electron chi connectivity index (χ4n) is 3.21. The van der Waals surface area contributed by atoms with E-state index in [2.05, 4.69) is 10.5 Å². The average molecular weight is 443 g/mol. The highest BCUT2D eigenvalue weighted by molar-refractivity contribution is 7.89. The van der Waals surface area contributed by atoms with Gasteiger partial charge in [-0.3, -0.25) is 5.32 Å². The van der Waals surface area contributed by atoms with Crippen molar-refractivity contribution in [3.63, 3.8) is 0 Å². The number of rotatable bonds is 5. The maximum absolute atomic E-state index is 13.0. The highest BCUT2D eigenvalue weighted by Gasteiger charge is 2.33. The second-order valence-electron chi connectivity index (χ2n) is 7.03. The first-order chi connectivity index (χ1) is 14.9. The molecule has 3 aromatic rings. The minimum absolute atomic E-state index is 0.0136. The Balaban J connectivity index is 1.49. The monoisotopic (exact) mass is 443 g/mol. The van der Waals surface area contributed by atoms with Gasteiger partial charge in [0, 0.05) is 25.2 Å². The lowest BCUT2D eigenvalue weighted by molar-refractivity contribution is 0.210. The van der Waals surface area contributed by atoms with Crippen LogP contribution in [0.4, 0.5) is 10.5 Å². The van der Waals surface area contributed by atoms with Crippen molar-refractivity contribution in [1.29, 1.82) is 0 Å². The van der Waals surface area contributed by atoms with Crippen LogP contribution >= 0.6 is 0 Å². The first-order valence-electron chi connectivity index (χ1n) is 9.54. The van der Waals surface area contributed by atoms with E-state index in [4.69, 9.17) is 14.0 Å². The number of hydrogen-bond acceptors (Lipinski definition) is 7. The van der Waals surface area contributed by atoms with Crippen LogP contribution < -0.4 is 14.8 Å². The van der Waals surface area contributed by atoms with Crippen molar-refractivity contribution in [2.24, 2.45) is 0 Å². The molecule has 0 saturated heterocycles. The third kappa shape index (κ3) is 4.39. The summed E-state index contributed by atoms with van der Waals surface area (Å²) in [5.74, 6) is 1.02. The van der Waals surface area contributed by atoms with Gasteiger partial charge in [-0.1, -0.05) is 17.7 Å². The van der Waals surface area contributed by atoms with Crippen molar-refractivity contribution < 1.29 is 27.2 Å². The minimum atomic E-state index is -3.75. The topological polar surface area (TPSA) is 111 Å². The molecule has 2 heterocycles. The van der Waals surface area contributed by atoms with Gasteiger partial charge in [-0.05, 0) is 48.5 Å². The van der Waals surface area contributed by atoms with Crippen LogP contribution in [-0.4, -0.2) is 37.6 Å². The Morgan fingerprint density at radius 2 is 1.84 bits per heavy atom. The van der Waals surface area contributed by atoms with Crippen LogP contribution in [0.3, 0.4) is 0 Å². The van der Waals surface area contributed by atoms with E-state index in [-0.39, 0.29) is 23.9 Å². The van der Waals surface area contributed by atoms with Crippen LogP contribution in [0.25, 0.3) is 0 Å². The van der Waals surface area contributed by atoms with Crippen molar-refractivity contribution in [3.05, 3.63) is 65.4 Å². The number of sulfonamides is 1. The average Bonchev–Trinajstić information content (AvgIpc) is 3.17. The number of anilines is 1. The maximum atomic E-state index is 13.0. The van der Waals surface area contributed by atoms with E-state index in [1.165, 1.54) is 23.5 Å². The minimum Gasteiger partial charge on any atom is -0.497 e. The van der Waals surface area contributed by atoms with E-state index in [1.807, 2.05) is 19.1 Å². The molecule has 0 fully saturated rings. The van der Waals surface area contributed by atoms with E-state index < -0.39 is 16.1 Å². The number of aryl methyl sites for hydroxylation is 1. The Morgan fingerprint density at radius 3 is 2.52 bits per heavy atom. The quantitative estimate of drug-likeness (QED) is 0.644. The molecule has 0 unspecified atom stereocenters. The fourth-order valence-corrected chi connectivity index (χ4v) is 4.62. The molecule has 162 valence electrons. The Bertz CT molecular complexity index is 1190. The summed E-state index contributed by atoms with van der Waals surface area (Å²) in [5.41, 5.74) is 2.06. The van der Waals surface area contributed by atoms with E-state index in [0.29, 0.717) is 29.2 Å². The molecular formula is C21H21N3O6S. The lowest BCUT2D eigenvalue weighted by Gasteiger charge is -2.25. The molecule has 0 bridgehead atoms. The Kier molecular flexibility index (Phi) is 5.66. The van der Waals surface area contributed by atoms with Crippen LogP contribution in [0, 0.1) is 6.92 Å². The summed E-state index contributed by atoms with van der Waals surface area (Å²) in [7, 11) is -2.24. The molecule has 9 nitrogen and oxygen atoms in total. The number of aromatic nitrogens is 1. The highest BCUT2D eigenvalue weighted by atomic mass is 32.2. The third-order valence-corrected chi connectivity index (χ3v) is 6.80. The molecule has 0 atom stereocenters. The van der Waals surface area contributed by atoms with Gasteiger partial charge in [-0.15, -0.1) is 0 Å². The van der Waals surface area contributed by atoms with Crippen molar-refractivity contribution in [3.8, 4) is 11.6 Å². The molecule has 10 heteroatoms. The molecule has 0 saturated carbocycles. The van der Waals surface area contributed by atoms with Crippen molar-refractivity contribution in [2.45, 2.75) is 24.8 Å². The van der Waals surface area contributed by atoms with Crippen molar-refractivity contribution in [1.82, 2.24) is 9.46 Å². The lowest BCUT2D eigenvalue weighted by atomic mass is 10.1. The van der Waals surface area contributed by atoms with Gasteiger partial charge in [-0.25, -0.2) is 13.2 Å². The normalized spacial score (nSPS) is 14.0. The summed E-state index contributed by atoms with van der Waals surface area (Å²) in [6.07, 6.45) is -0.421. The van der Waals surface area contributed by atoms with Crippen molar-refractivity contribution >= 4 is 21.8 Å². The van der Waals surface area contributed by atoms with Gasteiger partial charge < -0.3 is 14.0 Å². The van der Waals surface area contributed by atoms with Crippen molar-refractivity contribution in [2.75, 3.05) is 19.0 Å². The molecular weight excluding hydrogens is 422 g/mol. The Hall–Kier alpha value is -3.37. The zero-order valence-electron chi connectivity index (χ0n) is 17.0. The van der Waals surface area contributed by atoms with Gasteiger partial charge in [0.15, 0.2) is 0 Å². The summed E-state index contributed by atoms with van der Waals surface area (Å²) in [5, 5.41) is 6.42. The van der Waals surface area contributed by atoms with Crippen LogP contribution in [0.5, 0.6) is 11.6 Å². The van der Waals surface area contributed by atoms with Gasteiger partial charge in [0.1, 0.15) is 11.5 Å². The molecule has 31 heavy (non-hydrogen) atoms. The molecule has 1 aliphatic rings. The Morgan fingerprint density at radius 1 is 1.13 bits per heavy atom. The summed E-state index contributed by atoms with van der Waals surface area (Å²) in [6.45, 7) is 2.15. The fraction of sp³-hybridized carbons (Fsp3) is 0.238. The number of carbonyl (C=O) groups excluding carboxylic acids is 1. The molecule has 0 spiro atoms. The second-order valence-corrected chi connectivity index (χ2v) is 8.97. The third-order valence-electron chi connectivity index (χ3n) is 4.94. The van der Waals surface area contributed by atoms with Crippen LogP contribution in [0.1, 0.15) is 16.9 Å². The molecule has 4 rings (SSSR count). The molecule has 1 amide bonds. The Labute approximate surface area is 179 Å². The molecule has 2 aromatic carbocycles. The van der Waals surface area contributed by atoms with E-state index in [0.717, 1.165) is 5.56 Å². The number of benzene rings is 2. The number of fused-ring (bicyclic) bond motifs is 1. The number of nitrogens with zero attached hydrogens (tertiary/aromatic N) is 2. The molecule has 1 aromatic heterocycles. The van der Waals surface area contributed by atoms with E-state index in [1.54, 1.807) is 24.3 Å². The number of carbonyl (C=O) groups is 1. The van der Waals surface area contributed by atoms with E-state index in [9.17, 15) is 13.2 Å². The van der Waals surface area contributed by atoms with Crippen LogP contribution in [0.15, 0.2) is 57.9 Å². The van der Waals surface area contributed by atoms with Crippen LogP contribution in [-0.2, 0) is 23.0 Å². The first kappa shape index (κ1) is 20.9. The zero-order chi connectivity index (χ0) is 22.0. The molecule has 1 N–H and O–H groups in total. The lowest BCUT2D eigenvalue weighted by Crippen LogP contribution is -2.35. The highest BCUT2D eigenvalue weighted by Crippen LogP contribution is 2.31. The molecule has 0 radical (unpaired) electrons. The largest absolute Gasteiger partial charge is 0.497 e. The SMILES string of the molecule is COc1ccc(S(=O)(=O)N2CCc3onc(OC(=O)Nc4ccc(C)cc4)c3C2)cc1. The summed E-state index contributed by atoms with van der Waals surface area (Å²) in [6, 6.07) is 13.4. The smallest absolute Gasteiger partial charge is 0.418 e. The second kappa shape index (κ2) is 8.40. The summed E-state index contributed by atoms with van der Waals surface area (Å²) in [4.78, 5) is 12.4. The summed E-state index contributed by atoms with van der Waals surface area (Å²) >= 11 is 0. The zero-order valence-corrected chi connectivity index (χ0v) is 17.8. The maximum Gasteiger partial charge on any atom is 0.418 e. The number of ether oxygens (including phenoxy) is 2. The molecule has 0 aliphatic carbocycles. The van der Waals surface area contributed by atoms with E-state index >= 15 is 0 Å². The molecule has 1 aliphatic heterocycles. The van der Waals surface area contributed by atoms with Gasteiger partial charge in [0.05, 0.1) is 17.6 Å². The number of nitrogens with one attached hydrogen (secondary N) is 1. The standard InChI is InChI=1S/C21H21N3O6S/c1-14-3-5-15(6-4-14)22-21(25)29-20-18-13-24(12-11-19(18)30-23-20)31(26,27)17-9-7-16(28-2)8-10-17/h3-10H,11-13H2,1-2H3,(H,22,25). The predicted octanol–water partition coefficient (Wildman–Crippen LogP) is 3.35. The summed E-state index contributed by atoms with van der Waals surface area (Å²) < 4.78 is 43.0. The van der Waals surface area contributed by atoms with Gasteiger partial charge in [0.2, 0.25) is 10.0 Å². The van der Waals surface area contributed by atoms with Crippen LogP contribution in [0.2, 0.25) is 0 Å². The number of amides is 1. The predicted molar refractivity (Wildman–Crippen MR) is 112 cm³/mol. The van der Waals surface area contributed by atoms with Gasteiger partial charge in [-0.2, -0.15) is 4.31 Å². The van der Waals surface area contributed by atoms with Gasteiger partial charge >= 0.3 is 6.09 Å². The first-order valence-corrected chi connectivity index (χ1v) is 11.0. The number of hydrogen-bond donors (Lipinski definition) is 1. The number of methoxy groups -OCH3 is 1.